The van der Waals surface area contributed by atoms with Gasteiger partial charge in [-0.3, -0.25) is 4.90 Å². The van der Waals surface area contributed by atoms with Crippen molar-refractivity contribution in [2.75, 3.05) is 46.9 Å². The second-order valence-corrected chi connectivity index (χ2v) is 7.79. The number of nitrogens with one attached hydrogen (secondary N) is 2. The smallest absolute Gasteiger partial charge is 0.315 e. The lowest BCUT2D eigenvalue weighted by atomic mass is 10.1. The molecule has 3 rings (SSSR count). The summed E-state index contributed by atoms with van der Waals surface area (Å²) in [6.07, 6.45) is 0. The van der Waals surface area contributed by atoms with Gasteiger partial charge in [0.15, 0.2) is 0 Å². The van der Waals surface area contributed by atoms with Crippen molar-refractivity contribution in [2.45, 2.75) is 12.6 Å². The van der Waals surface area contributed by atoms with Gasteiger partial charge in [0.05, 0.1) is 13.2 Å². The summed E-state index contributed by atoms with van der Waals surface area (Å²) in [5.74, 6) is 0.701. The number of hydrogen-bond acceptors (Lipinski definition) is 4. The lowest BCUT2D eigenvalue weighted by molar-refractivity contribution is 0.142. The number of carbonyl (C=O) groups excluding carboxylic acids is 1. The van der Waals surface area contributed by atoms with E-state index in [0.29, 0.717) is 17.3 Å². The van der Waals surface area contributed by atoms with Gasteiger partial charge < -0.3 is 20.3 Å². The fourth-order valence-electron chi connectivity index (χ4n) is 3.48. The molecule has 2 aromatic carbocycles. The van der Waals surface area contributed by atoms with Crippen LogP contribution in [0.1, 0.15) is 17.2 Å². The average Bonchev–Trinajstić information content (AvgIpc) is 2.74. The molecule has 1 saturated heterocycles. The molecule has 0 bridgehead atoms. The first-order chi connectivity index (χ1) is 14.0. The van der Waals surface area contributed by atoms with Gasteiger partial charge in [0, 0.05) is 49.9 Å². The van der Waals surface area contributed by atoms with Gasteiger partial charge in [-0.25, -0.2) is 4.79 Å². The summed E-state index contributed by atoms with van der Waals surface area (Å²) < 4.78 is 5.35. The molecule has 6 nitrogen and oxygen atoms in total. The van der Waals surface area contributed by atoms with E-state index < -0.39 is 0 Å². The monoisotopic (exact) mass is 416 g/mol. The van der Waals surface area contributed by atoms with E-state index >= 15 is 0 Å². The van der Waals surface area contributed by atoms with E-state index in [0.717, 1.165) is 43.9 Å². The summed E-state index contributed by atoms with van der Waals surface area (Å²) >= 11 is 6.08. The first-order valence-electron chi connectivity index (χ1n) is 9.88. The van der Waals surface area contributed by atoms with Crippen LogP contribution in [-0.2, 0) is 6.54 Å². The van der Waals surface area contributed by atoms with Crippen molar-refractivity contribution in [1.82, 2.24) is 20.4 Å². The lowest BCUT2D eigenvalue weighted by Crippen LogP contribution is -2.48. The van der Waals surface area contributed by atoms with E-state index in [1.807, 2.05) is 18.2 Å². The molecule has 1 fully saturated rings. The van der Waals surface area contributed by atoms with Gasteiger partial charge in [0.25, 0.3) is 0 Å². The Morgan fingerprint density at radius 3 is 2.55 bits per heavy atom. The van der Waals surface area contributed by atoms with Crippen LogP contribution in [0.4, 0.5) is 4.79 Å². The summed E-state index contributed by atoms with van der Waals surface area (Å²) in [5, 5.41) is 6.68. The maximum atomic E-state index is 12.7. The van der Waals surface area contributed by atoms with Crippen LogP contribution in [0.3, 0.4) is 0 Å². The van der Waals surface area contributed by atoms with Crippen LogP contribution in [0, 0.1) is 0 Å². The number of halogens is 1. The third-order valence-corrected chi connectivity index (χ3v) is 5.46. The molecular formula is C22H29ClN4O2. The van der Waals surface area contributed by atoms with Crippen molar-refractivity contribution in [1.29, 1.82) is 0 Å². The Bertz CT molecular complexity index is 795. The maximum absolute atomic E-state index is 12.7. The quantitative estimate of drug-likeness (QED) is 0.728. The van der Waals surface area contributed by atoms with Crippen LogP contribution in [-0.4, -0.2) is 62.7 Å². The number of amides is 2. The van der Waals surface area contributed by atoms with E-state index in [1.165, 1.54) is 0 Å². The molecule has 0 spiro atoms. The van der Waals surface area contributed by atoms with E-state index in [-0.39, 0.29) is 12.1 Å². The molecule has 1 heterocycles. The predicted molar refractivity (Wildman–Crippen MR) is 116 cm³/mol. The van der Waals surface area contributed by atoms with Crippen LogP contribution in [0.25, 0.3) is 0 Å². The molecule has 1 aliphatic heterocycles. The number of urea groups is 1. The zero-order chi connectivity index (χ0) is 20.6. The molecule has 2 aromatic rings. The second-order valence-electron chi connectivity index (χ2n) is 7.35. The highest BCUT2D eigenvalue weighted by Crippen LogP contribution is 2.22. The Morgan fingerprint density at radius 2 is 1.86 bits per heavy atom. The summed E-state index contributed by atoms with van der Waals surface area (Å²) in [4.78, 5) is 17.4. The van der Waals surface area contributed by atoms with Crippen LogP contribution in [0.5, 0.6) is 5.75 Å². The maximum Gasteiger partial charge on any atom is 0.315 e. The molecule has 2 amide bonds. The summed E-state index contributed by atoms with van der Waals surface area (Å²) in [6, 6.07) is 15.2. The van der Waals surface area contributed by atoms with Gasteiger partial charge in [-0.1, -0.05) is 41.9 Å². The number of likely N-dealkylation sites (N-methyl/N-ethyl adjacent to an activating group) is 1. The fourth-order valence-corrected chi connectivity index (χ4v) is 3.67. The Hall–Kier alpha value is -2.28. The number of benzene rings is 2. The van der Waals surface area contributed by atoms with Crippen molar-refractivity contribution in [3.8, 4) is 5.75 Å². The minimum atomic E-state index is -0.213. The minimum absolute atomic E-state index is 0.0825. The number of methoxy groups -OCH3 is 1. The van der Waals surface area contributed by atoms with E-state index in [9.17, 15) is 4.79 Å². The normalized spacial score (nSPS) is 16.2. The van der Waals surface area contributed by atoms with Crippen molar-refractivity contribution in [2.24, 2.45) is 0 Å². The van der Waals surface area contributed by atoms with E-state index in [4.69, 9.17) is 16.3 Å². The van der Waals surface area contributed by atoms with Crippen molar-refractivity contribution >= 4 is 17.6 Å². The molecule has 0 aliphatic carbocycles. The number of hydrogen-bond donors (Lipinski definition) is 2. The van der Waals surface area contributed by atoms with E-state index in [2.05, 4.69) is 39.6 Å². The van der Waals surface area contributed by atoms with Gasteiger partial charge in [0.2, 0.25) is 0 Å². The number of rotatable bonds is 7. The highest BCUT2D eigenvalue weighted by Gasteiger charge is 2.21. The zero-order valence-electron chi connectivity index (χ0n) is 17.0. The molecular weight excluding hydrogens is 388 g/mol. The SMILES string of the molecule is COc1ccc(Cl)cc1CNC(=O)NC(CN1CCN(C)CC1)c1ccccc1. The number of carbonyl (C=O) groups is 1. The molecule has 1 atom stereocenters. The molecule has 2 N–H and O–H groups in total. The molecule has 0 radical (unpaired) electrons. The molecule has 0 saturated carbocycles. The molecule has 1 aliphatic rings. The van der Waals surface area contributed by atoms with Crippen LogP contribution < -0.4 is 15.4 Å². The van der Waals surface area contributed by atoms with Gasteiger partial charge in [-0.2, -0.15) is 0 Å². The largest absolute Gasteiger partial charge is 0.496 e. The third-order valence-electron chi connectivity index (χ3n) is 5.23. The average molecular weight is 417 g/mol. The minimum Gasteiger partial charge on any atom is -0.496 e. The summed E-state index contributed by atoms with van der Waals surface area (Å²) in [6.45, 7) is 5.22. The molecule has 29 heavy (non-hydrogen) atoms. The third kappa shape index (κ3) is 6.35. The first kappa shape index (κ1) is 21.4. The fraction of sp³-hybridized carbons (Fsp3) is 0.409. The molecule has 1 unspecified atom stereocenters. The Balaban J connectivity index is 1.62. The van der Waals surface area contributed by atoms with Gasteiger partial charge >= 0.3 is 6.03 Å². The van der Waals surface area contributed by atoms with Crippen LogP contribution in [0.2, 0.25) is 5.02 Å². The zero-order valence-corrected chi connectivity index (χ0v) is 17.8. The summed E-state index contributed by atoms with van der Waals surface area (Å²) in [7, 11) is 3.75. The van der Waals surface area contributed by atoms with Gasteiger partial charge in [0.1, 0.15) is 5.75 Å². The van der Waals surface area contributed by atoms with Crippen molar-refractivity contribution in [3.63, 3.8) is 0 Å². The highest BCUT2D eigenvalue weighted by atomic mass is 35.5. The molecule has 156 valence electrons. The van der Waals surface area contributed by atoms with Gasteiger partial charge in [-0.05, 0) is 30.8 Å². The molecule has 0 aromatic heterocycles. The van der Waals surface area contributed by atoms with Crippen LogP contribution in [0.15, 0.2) is 48.5 Å². The second kappa shape index (κ2) is 10.5. The Morgan fingerprint density at radius 1 is 1.14 bits per heavy atom. The standard InChI is InChI=1S/C22H29ClN4O2/c1-26-10-12-27(13-11-26)16-20(17-6-4-3-5-7-17)25-22(28)24-15-18-14-19(23)8-9-21(18)29-2/h3-9,14,20H,10-13,15-16H2,1-2H3,(H2,24,25,28). The molecule has 7 heteroatoms. The predicted octanol–water partition coefficient (Wildman–Crippen LogP) is 3.14. The highest BCUT2D eigenvalue weighted by molar-refractivity contribution is 6.30. The van der Waals surface area contributed by atoms with E-state index in [1.54, 1.807) is 25.3 Å². The number of piperazine rings is 1. The van der Waals surface area contributed by atoms with Crippen LogP contribution >= 0.6 is 11.6 Å². The topological polar surface area (TPSA) is 56.8 Å². The number of nitrogens with zero attached hydrogens (tertiary/aromatic N) is 2. The number of ether oxygens (including phenoxy) is 1. The van der Waals surface area contributed by atoms with Crippen molar-refractivity contribution in [3.05, 3.63) is 64.7 Å². The summed E-state index contributed by atoms with van der Waals surface area (Å²) in [5.41, 5.74) is 1.94. The van der Waals surface area contributed by atoms with Gasteiger partial charge in [-0.15, -0.1) is 0 Å². The first-order valence-corrected chi connectivity index (χ1v) is 10.3. The lowest BCUT2D eigenvalue weighted by Gasteiger charge is -2.35. The van der Waals surface area contributed by atoms with Crippen molar-refractivity contribution < 1.29 is 9.53 Å². The Kier molecular flexibility index (Phi) is 7.75. The Labute approximate surface area is 177 Å².